The predicted molar refractivity (Wildman–Crippen MR) is 99.7 cm³/mol. The number of amides is 2. The summed E-state index contributed by atoms with van der Waals surface area (Å²) < 4.78 is 7.43. The quantitative estimate of drug-likeness (QED) is 0.895. The molecule has 0 unspecified atom stereocenters. The Morgan fingerprint density at radius 1 is 1.24 bits per heavy atom. The van der Waals surface area contributed by atoms with Crippen LogP contribution in [0.4, 0.5) is 10.5 Å². The third-order valence-electron chi connectivity index (χ3n) is 3.61. The van der Waals surface area contributed by atoms with Crippen LogP contribution in [0.3, 0.4) is 0 Å². The number of fused-ring (bicyclic) bond motifs is 1. The highest BCUT2D eigenvalue weighted by molar-refractivity contribution is 5.96. The van der Waals surface area contributed by atoms with Crippen molar-refractivity contribution in [3.63, 3.8) is 0 Å². The molecule has 0 fully saturated rings. The van der Waals surface area contributed by atoms with E-state index in [1.165, 1.54) is 4.90 Å². The first-order chi connectivity index (χ1) is 11.7. The molecule has 0 atom stereocenters. The van der Waals surface area contributed by atoms with Gasteiger partial charge in [0.1, 0.15) is 12.1 Å². The van der Waals surface area contributed by atoms with Crippen LogP contribution in [0.1, 0.15) is 34.1 Å². The number of anilines is 1. The summed E-state index contributed by atoms with van der Waals surface area (Å²) >= 11 is 0. The molecule has 0 spiro atoms. The minimum absolute atomic E-state index is 0.0657. The van der Waals surface area contributed by atoms with E-state index in [1.807, 2.05) is 24.3 Å². The van der Waals surface area contributed by atoms with Crippen molar-refractivity contribution in [1.82, 2.24) is 9.47 Å². The monoisotopic (exact) mass is 345 g/mol. The summed E-state index contributed by atoms with van der Waals surface area (Å²) in [5.41, 5.74) is 1.27. The zero-order valence-corrected chi connectivity index (χ0v) is 15.6. The zero-order valence-electron chi connectivity index (χ0n) is 15.6. The fraction of sp³-hybridized carbons (Fsp3) is 0.474. The van der Waals surface area contributed by atoms with Crippen molar-refractivity contribution < 1.29 is 14.3 Å². The molecule has 0 aliphatic carbocycles. The lowest BCUT2D eigenvalue weighted by molar-refractivity contribution is -0.117. The van der Waals surface area contributed by atoms with Gasteiger partial charge in [0.25, 0.3) is 0 Å². The molecule has 0 aliphatic rings. The van der Waals surface area contributed by atoms with Crippen molar-refractivity contribution in [1.29, 1.82) is 0 Å². The first-order valence-electron chi connectivity index (χ1n) is 8.52. The van der Waals surface area contributed by atoms with E-state index in [4.69, 9.17) is 4.74 Å². The Balaban J connectivity index is 1.98. The van der Waals surface area contributed by atoms with Crippen molar-refractivity contribution in [3.8, 4) is 0 Å². The lowest BCUT2D eigenvalue weighted by Crippen LogP contribution is -2.38. The second-order valence-electron chi connectivity index (χ2n) is 7.17. The van der Waals surface area contributed by atoms with E-state index in [0.717, 1.165) is 23.9 Å². The number of nitrogens with one attached hydrogen (secondary N) is 1. The van der Waals surface area contributed by atoms with Crippen LogP contribution < -0.4 is 5.32 Å². The van der Waals surface area contributed by atoms with Crippen LogP contribution in [0.2, 0.25) is 0 Å². The van der Waals surface area contributed by atoms with Gasteiger partial charge in [0.05, 0.1) is 0 Å². The molecule has 1 aromatic carbocycles. The number of hydrogen-bond acceptors (Lipinski definition) is 3. The SMILES string of the molecule is CCCn1ccc2cc(NC(=O)CN(C)C(=O)OC(C)(C)C)ccc21. The largest absolute Gasteiger partial charge is 0.444 e. The summed E-state index contributed by atoms with van der Waals surface area (Å²) in [6, 6.07) is 7.85. The number of hydrogen-bond donors (Lipinski definition) is 1. The zero-order chi connectivity index (χ0) is 18.6. The standard InChI is InChI=1S/C19H27N3O3/c1-6-10-22-11-9-14-12-15(7-8-16(14)22)20-17(23)13-21(5)18(24)25-19(2,3)4/h7-9,11-12H,6,10,13H2,1-5H3,(H,20,23). The van der Waals surface area contributed by atoms with Gasteiger partial charge in [-0.2, -0.15) is 0 Å². The number of carbonyl (C=O) groups is 2. The van der Waals surface area contributed by atoms with Gasteiger partial charge >= 0.3 is 6.09 Å². The number of carbonyl (C=O) groups excluding carboxylic acids is 2. The van der Waals surface area contributed by atoms with Gasteiger partial charge in [-0.3, -0.25) is 4.79 Å². The smallest absolute Gasteiger partial charge is 0.410 e. The highest BCUT2D eigenvalue weighted by Crippen LogP contribution is 2.21. The summed E-state index contributed by atoms with van der Waals surface area (Å²) in [4.78, 5) is 25.3. The van der Waals surface area contributed by atoms with Gasteiger partial charge in [-0.15, -0.1) is 0 Å². The van der Waals surface area contributed by atoms with Crippen LogP contribution in [0.5, 0.6) is 0 Å². The fourth-order valence-electron chi connectivity index (χ4n) is 2.53. The Labute approximate surface area is 148 Å². The second kappa shape index (κ2) is 7.59. The van der Waals surface area contributed by atoms with Crippen LogP contribution in [0.15, 0.2) is 30.5 Å². The van der Waals surface area contributed by atoms with Crippen LogP contribution in [-0.2, 0) is 16.1 Å². The third kappa shape index (κ3) is 5.24. The Kier molecular flexibility index (Phi) is 5.72. The molecule has 2 rings (SSSR count). The first kappa shape index (κ1) is 18.8. The average molecular weight is 345 g/mol. The van der Waals surface area contributed by atoms with E-state index in [2.05, 4.69) is 23.0 Å². The second-order valence-corrected chi connectivity index (χ2v) is 7.17. The Morgan fingerprint density at radius 3 is 2.60 bits per heavy atom. The molecule has 0 saturated carbocycles. The number of rotatable bonds is 5. The fourth-order valence-corrected chi connectivity index (χ4v) is 2.53. The molecule has 2 amide bonds. The van der Waals surface area contributed by atoms with Gasteiger partial charge in [-0.25, -0.2) is 4.79 Å². The van der Waals surface area contributed by atoms with Crippen LogP contribution in [0, 0.1) is 0 Å². The van der Waals surface area contributed by atoms with E-state index in [-0.39, 0.29) is 12.5 Å². The lowest BCUT2D eigenvalue weighted by atomic mass is 10.2. The summed E-state index contributed by atoms with van der Waals surface area (Å²) in [5.74, 6) is -0.263. The number of aryl methyl sites for hydroxylation is 1. The maximum Gasteiger partial charge on any atom is 0.410 e. The average Bonchev–Trinajstić information content (AvgIpc) is 2.88. The van der Waals surface area contributed by atoms with Crippen molar-refractivity contribution >= 4 is 28.6 Å². The summed E-state index contributed by atoms with van der Waals surface area (Å²) in [7, 11) is 1.54. The van der Waals surface area contributed by atoms with Gasteiger partial charge in [0.15, 0.2) is 0 Å². The maximum absolute atomic E-state index is 12.2. The topological polar surface area (TPSA) is 63.6 Å². The predicted octanol–water partition coefficient (Wildman–Crippen LogP) is 3.86. The van der Waals surface area contributed by atoms with Crippen molar-refractivity contribution in [3.05, 3.63) is 30.5 Å². The van der Waals surface area contributed by atoms with Crippen LogP contribution in [0.25, 0.3) is 10.9 Å². The first-order valence-corrected chi connectivity index (χ1v) is 8.52. The molecule has 1 aromatic heterocycles. The van der Waals surface area contributed by atoms with E-state index < -0.39 is 11.7 Å². The van der Waals surface area contributed by atoms with E-state index in [1.54, 1.807) is 27.8 Å². The normalized spacial score (nSPS) is 11.4. The number of benzene rings is 1. The van der Waals surface area contributed by atoms with Crippen molar-refractivity contribution in [2.75, 3.05) is 18.9 Å². The van der Waals surface area contributed by atoms with Gasteiger partial charge in [0.2, 0.25) is 5.91 Å². The molecule has 25 heavy (non-hydrogen) atoms. The molecule has 6 heteroatoms. The van der Waals surface area contributed by atoms with Crippen LogP contribution in [-0.4, -0.2) is 40.7 Å². The third-order valence-corrected chi connectivity index (χ3v) is 3.61. The molecule has 2 aromatic rings. The highest BCUT2D eigenvalue weighted by Gasteiger charge is 2.21. The molecule has 0 saturated heterocycles. The highest BCUT2D eigenvalue weighted by atomic mass is 16.6. The molecule has 136 valence electrons. The minimum Gasteiger partial charge on any atom is -0.444 e. The lowest BCUT2D eigenvalue weighted by Gasteiger charge is -2.24. The molecule has 6 nitrogen and oxygen atoms in total. The molecule has 0 aliphatic heterocycles. The van der Waals surface area contributed by atoms with Crippen molar-refractivity contribution in [2.24, 2.45) is 0 Å². The minimum atomic E-state index is -0.585. The number of likely N-dealkylation sites (N-methyl/N-ethyl adjacent to an activating group) is 1. The molecule has 0 bridgehead atoms. The number of nitrogens with zero attached hydrogens (tertiary/aromatic N) is 2. The van der Waals surface area contributed by atoms with Gasteiger partial charge in [-0.05, 0) is 51.5 Å². The Bertz CT molecular complexity index is 759. The molecular weight excluding hydrogens is 318 g/mol. The van der Waals surface area contributed by atoms with E-state index in [9.17, 15) is 9.59 Å². The summed E-state index contributed by atoms with van der Waals surface area (Å²) in [5, 5.41) is 3.90. The maximum atomic E-state index is 12.2. The Hall–Kier alpha value is -2.50. The summed E-state index contributed by atoms with van der Waals surface area (Å²) in [6.07, 6.45) is 2.60. The van der Waals surface area contributed by atoms with Gasteiger partial charge in [0, 0.05) is 36.4 Å². The van der Waals surface area contributed by atoms with Gasteiger partial charge < -0.3 is 19.5 Å². The van der Waals surface area contributed by atoms with E-state index in [0.29, 0.717) is 5.69 Å². The molecule has 1 heterocycles. The van der Waals surface area contributed by atoms with E-state index >= 15 is 0 Å². The molecule has 0 radical (unpaired) electrons. The molecule has 1 N–H and O–H groups in total. The Morgan fingerprint density at radius 2 is 1.96 bits per heavy atom. The summed E-state index contributed by atoms with van der Waals surface area (Å²) in [6.45, 7) is 8.41. The number of ether oxygens (including phenoxy) is 1. The van der Waals surface area contributed by atoms with Crippen LogP contribution >= 0.6 is 0 Å². The molecular formula is C19H27N3O3. The number of aromatic nitrogens is 1. The van der Waals surface area contributed by atoms with Gasteiger partial charge in [-0.1, -0.05) is 6.92 Å². The van der Waals surface area contributed by atoms with Crippen molar-refractivity contribution in [2.45, 2.75) is 46.3 Å².